The van der Waals surface area contributed by atoms with Gasteiger partial charge in [-0.05, 0) is 42.2 Å². The zero-order chi connectivity index (χ0) is 22.5. The summed E-state index contributed by atoms with van der Waals surface area (Å²) in [5.74, 6) is -0.699. The number of alkyl halides is 3. The number of halogens is 3. The highest BCUT2D eigenvalue weighted by molar-refractivity contribution is 5.97. The van der Waals surface area contributed by atoms with Gasteiger partial charge in [0, 0.05) is 5.92 Å². The number of hydrogen-bond donors (Lipinski definition) is 2. The number of aromatic amines is 1. The number of hydrogen-bond acceptors (Lipinski definition) is 4. The van der Waals surface area contributed by atoms with Crippen molar-refractivity contribution >= 4 is 22.6 Å². The molecule has 0 radical (unpaired) electrons. The third-order valence-corrected chi connectivity index (χ3v) is 5.55. The van der Waals surface area contributed by atoms with Crippen LogP contribution < -0.4 is 10.9 Å². The van der Waals surface area contributed by atoms with Gasteiger partial charge in [-0.3, -0.25) is 9.59 Å². The van der Waals surface area contributed by atoms with E-state index in [1.807, 2.05) is 0 Å². The van der Waals surface area contributed by atoms with Crippen molar-refractivity contribution in [3.63, 3.8) is 0 Å². The van der Waals surface area contributed by atoms with Crippen molar-refractivity contribution in [2.75, 3.05) is 5.32 Å². The van der Waals surface area contributed by atoms with Crippen LogP contribution in [-0.4, -0.2) is 25.7 Å². The normalized spacial score (nSPS) is 18.0. The van der Waals surface area contributed by atoms with Gasteiger partial charge in [0.25, 0.3) is 5.56 Å². The van der Waals surface area contributed by atoms with Crippen LogP contribution in [0, 0.1) is 5.92 Å². The summed E-state index contributed by atoms with van der Waals surface area (Å²) in [5, 5.41) is 7.44. The Morgan fingerprint density at radius 3 is 2.62 bits per heavy atom. The molecule has 0 aliphatic heterocycles. The summed E-state index contributed by atoms with van der Waals surface area (Å²) < 4.78 is 39.8. The molecule has 2 atom stereocenters. The lowest BCUT2D eigenvalue weighted by Gasteiger charge is -2.12. The van der Waals surface area contributed by atoms with Crippen molar-refractivity contribution in [3.05, 3.63) is 82.5 Å². The van der Waals surface area contributed by atoms with Gasteiger partial charge in [-0.25, -0.2) is 9.67 Å². The fourth-order valence-electron chi connectivity index (χ4n) is 3.79. The fourth-order valence-corrected chi connectivity index (χ4v) is 3.79. The summed E-state index contributed by atoms with van der Waals surface area (Å²) in [5.41, 5.74) is 1.05. The van der Waals surface area contributed by atoms with Crippen molar-refractivity contribution in [1.82, 2.24) is 19.7 Å². The van der Waals surface area contributed by atoms with E-state index in [4.69, 9.17) is 0 Å². The van der Waals surface area contributed by atoms with Gasteiger partial charge in [0.1, 0.15) is 5.39 Å². The molecule has 1 aliphatic carbocycles. The lowest BCUT2D eigenvalue weighted by molar-refractivity contribution is -0.137. The number of anilines is 1. The van der Waals surface area contributed by atoms with Gasteiger partial charge < -0.3 is 10.3 Å². The quantitative estimate of drug-likeness (QED) is 0.505. The molecule has 2 heterocycles. The summed E-state index contributed by atoms with van der Waals surface area (Å²) in [6.07, 6.45) is -1.15. The smallest absolute Gasteiger partial charge is 0.324 e. The van der Waals surface area contributed by atoms with Crippen LogP contribution in [0.3, 0.4) is 0 Å². The largest absolute Gasteiger partial charge is 0.416 e. The molecule has 0 spiro atoms. The second-order valence-corrected chi connectivity index (χ2v) is 7.60. The maximum Gasteiger partial charge on any atom is 0.416 e. The van der Waals surface area contributed by atoms with Crippen molar-refractivity contribution in [2.24, 2.45) is 5.92 Å². The monoisotopic (exact) mass is 439 g/mol. The Labute approximate surface area is 178 Å². The Kier molecular flexibility index (Phi) is 4.58. The Bertz CT molecular complexity index is 1370. The maximum absolute atomic E-state index is 12.8. The third kappa shape index (κ3) is 3.53. The van der Waals surface area contributed by atoms with Crippen molar-refractivity contribution in [3.8, 4) is 5.69 Å². The van der Waals surface area contributed by atoms with E-state index < -0.39 is 11.7 Å². The zero-order valence-electron chi connectivity index (χ0n) is 16.4. The predicted octanol–water partition coefficient (Wildman–Crippen LogP) is 3.87. The molecule has 7 nitrogen and oxygen atoms in total. The number of nitrogens with zero attached hydrogens (tertiary/aromatic N) is 3. The van der Waals surface area contributed by atoms with Gasteiger partial charge in [-0.15, -0.1) is 0 Å². The number of benzene rings is 2. The molecule has 1 saturated carbocycles. The number of para-hydroxylation sites is 2. The topological polar surface area (TPSA) is 92.7 Å². The minimum absolute atomic E-state index is 0.129. The van der Waals surface area contributed by atoms with E-state index in [-0.39, 0.29) is 23.3 Å². The molecule has 0 bridgehead atoms. The summed E-state index contributed by atoms with van der Waals surface area (Å²) in [6, 6.07) is 11.9. The minimum atomic E-state index is -4.39. The average molecular weight is 439 g/mol. The van der Waals surface area contributed by atoms with Crippen LogP contribution in [0.2, 0.25) is 0 Å². The van der Waals surface area contributed by atoms with E-state index in [1.165, 1.54) is 29.3 Å². The Morgan fingerprint density at radius 1 is 1.12 bits per heavy atom. The Hall–Kier alpha value is -3.95. The van der Waals surface area contributed by atoms with Gasteiger partial charge in [0.15, 0.2) is 5.65 Å². The molecule has 10 heteroatoms. The maximum atomic E-state index is 12.8. The number of carbonyl (C=O) groups excluding carboxylic acids is 1. The molecule has 2 unspecified atom stereocenters. The number of nitrogens with one attached hydrogen (secondary N) is 2. The van der Waals surface area contributed by atoms with Crippen LogP contribution in [0.15, 0.2) is 65.8 Å². The minimum Gasteiger partial charge on any atom is -0.324 e. The summed E-state index contributed by atoms with van der Waals surface area (Å²) in [6.45, 7) is 0. The first kappa shape index (κ1) is 20.0. The van der Waals surface area contributed by atoms with E-state index in [1.54, 1.807) is 24.3 Å². The SMILES string of the molecule is O=C(Nc1ccccc1-n1ncc2c(=O)[nH]cnc21)C1CC1c1ccc(C(F)(F)F)cc1. The molecule has 32 heavy (non-hydrogen) atoms. The number of amides is 1. The number of fused-ring (bicyclic) bond motifs is 1. The van der Waals surface area contributed by atoms with Crippen molar-refractivity contribution in [2.45, 2.75) is 18.5 Å². The molecular formula is C22H16F3N5O2. The molecular weight excluding hydrogens is 423 g/mol. The van der Waals surface area contributed by atoms with Gasteiger partial charge in [-0.2, -0.15) is 18.3 Å². The number of aromatic nitrogens is 4. The standard InChI is InChI=1S/C22H16F3N5O2/c23-22(24,25)13-7-5-12(6-8-13)14-9-15(14)21(32)29-17-3-1-2-4-18(17)30-19-16(10-28-30)20(31)27-11-26-19/h1-8,10-11,14-15H,9H2,(H,29,32)(H,26,27,31). The molecule has 1 amide bonds. The fraction of sp³-hybridized carbons (Fsp3) is 0.182. The highest BCUT2D eigenvalue weighted by atomic mass is 19.4. The highest BCUT2D eigenvalue weighted by Crippen LogP contribution is 2.48. The highest BCUT2D eigenvalue weighted by Gasteiger charge is 2.44. The first-order chi connectivity index (χ1) is 15.3. The lowest BCUT2D eigenvalue weighted by atomic mass is 10.1. The second kappa shape index (κ2) is 7.33. The van der Waals surface area contributed by atoms with E-state index in [0.29, 0.717) is 34.4 Å². The summed E-state index contributed by atoms with van der Waals surface area (Å²) in [4.78, 5) is 31.4. The molecule has 0 saturated heterocycles. The van der Waals surface area contributed by atoms with Gasteiger partial charge in [0.2, 0.25) is 5.91 Å². The predicted molar refractivity (Wildman–Crippen MR) is 110 cm³/mol. The van der Waals surface area contributed by atoms with Crippen molar-refractivity contribution in [1.29, 1.82) is 0 Å². The molecule has 1 fully saturated rings. The lowest BCUT2D eigenvalue weighted by Crippen LogP contribution is -2.16. The number of rotatable bonds is 4. The van der Waals surface area contributed by atoms with Gasteiger partial charge in [0.05, 0.1) is 29.5 Å². The van der Waals surface area contributed by atoms with Gasteiger partial charge >= 0.3 is 6.18 Å². The Balaban J connectivity index is 1.36. The molecule has 2 N–H and O–H groups in total. The molecule has 5 rings (SSSR count). The van der Waals surface area contributed by atoms with Crippen LogP contribution in [0.25, 0.3) is 16.7 Å². The molecule has 1 aliphatic rings. The first-order valence-electron chi connectivity index (χ1n) is 9.82. The number of H-pyrrole nitrogens is 1. The molecule has 162 valence electrons. The molecule has 4 aromatic rings. The zero-order valence-corrected chi connectivity index (χ0v) is 16.4. The molecule has 2 aromatic heterocycles. The van der Waals surface area contributed by atoms with E-state index in [0.717, 1.165) is 12.1 Å². The number of carbonyl (C=O) groups is 1. The molecule has 2 aromatic carbocycles. The van der Waals surface area contributed by atoms with Crippen LogP contribution >= 0.6 is 0 Å². The van der Waals surface area contributed by atoms with E-state index in [2.05, 4.69) is 20.4 Å². The van der Waals surface area contributed by atoms with Crippen LogP contribution in [0.1, 0.15) is 23.5 Å². The van der Waals surface area contributed by atoms with Crippen molar-refractivity contribution < 1.29 is 18.0 Å². The van der Waals surface area contributed by atoms with Gasteiger partial charge in [-0.1, -0.05) is 24.3 Å². The third-order valence-electron chi connectivity index (χ3n) is 5.55. The Morgan fingerprint density at radius 2 is 1.88 bits per heavy atom. The van der Waals surface area contributed by atoms with E-state index in [9.17, 15) is 22.8 Å². The van der Waals surface area contributed by atoms with Crippen LogP contribution in [0.4, 0.5) is 18.9 Å². The van der Waals surface area contributed by atoms with Crippen LogP contribution in [0.5, 0.6) is 0 Å². The summed E-state index contributed by atoms with van der Waals surface area (Å²) in [7, 11) is 0. The average Bonchev–Trinajstić information content (AvgIpc) is 3.46. The second-order valence-electron chi connectivity index (χ2n) is 7.60. The first-order valence-corrected chi connectivity index (χ1v) is 9.82. The summed E-state index contributed by atoms with van der Waals surface area (Å²) >= 11 is 0. The van der Waals surface area contributed by atoms with Crippen LogP contribution in [-0.2, 0) is 11.0 Å². The van der Waals surface area contributed by atoms with E-state index >= 15 is 0 Å².